The number of piperidine rings is 1. The van der Waals surface area contributed by atoms with Gasteiger partial charge in [0.15, 0.2) is 0 Å². The first kappa shape index (κ1) is 22.9. The highest BCUT2D eigenvalue weighted by molar-refractivity contribution is 5.09. The first-order valence-corrected chi connectivity index (χ1v) is 10.3. The smallest absolute Gasteiger partial charge is 0.378 e. The summed E-state index contributed by atoms with van der Waals surface area (Å²) in [6, 6.07) is 0. The summed E-state index contributed by atoms with van der Waals surface area (Å²) in [6.07, 6.45) is -2.11. The van der Waals surface area contributed by atoms with Crippen LogP contribution >= 0.6 is 0 Å². The molecule has 6 atom stereocenters. The van der Waals surface area contributed by atoms with Crippen LogP contribution < -0.4 is 31.9 Å². The fraction of sp³-hybridized carbons (Fsp3) is 0.889. The van der Waals surface area contributed by atoms with E-state index in [2.05, 4.69) is 31.9 Å². The zero-order valence-corrected chi connectivity index (χ0v) is 16.4. The minimum atomic E-state index is -4.37. The number of aliphatic hydroxyl groups is 1. The van der Waals surface area contributed by atoms with Gasteiger partial charge in [-0.15, -0.1) is 0 Å². The van der Waals surface area contributed by atoms with Crippen LogP contribution in [0.15, 0.2) is 11.6 Å². The Labute approximate surface area is 168 Å². The standard InChI is InChI=1S/C18H32F4N6O/c19-13-3-1-11(2-4-13)7-24-14-5-12(17(29)25-9-18(20,21)22)6-15(27-14)28-16-8-23-10-26-16/h1,12-17,23-29H,2-10H2/t12?,13?,14?,15?,16?,17-/m0/s1. The first-order valence-electron chi connectivity index (χ1n) is 10.3. The van der Waals surface area contributed by atoms with Crippen LogP contribution in [0.3, 0.4) is 0 Å². The number of aliphatic hydroxyl groups excluding tert-OH is 1. The lowest BCUT2D eigenvalue weighted by molar-refractivity contribution is -0.134. The molecule has 2 heterocycles. The van der Waals surface area contributed by atoms with Gasteiger partial charge in [0.05, 0.1) is 25.0 Å². The summed E-state index contributed by atoms with van der Waals surface area (Å²) < 4.78 is 50.8. The molecule has 2 saturated heterocycles. The summed E-state index contributed by atoms with van der Waals surface area (Å²) in [6.45, 7) is 0.806. The fourth-order valence-electron chi connectivity index (χ4n) is 4.10. The van der Waals surface area contributed by atoms with Crippen molar-refractivity contribution in [3.8, 4) is 0 Å². The van der Waals surface area contributed by atoms with Gasteiger partial charge in [0.1, 0.15) is 12.4 Å². The molecule has 2 aliphatic heterocycles. The maximum absolute atomic E-state index is 13.3. The summed E-state index contributed by atoms with van der Waals surface area (Å²) in [5, 5.41) is 29.1. The third-order valence-corrected chi connectivity index (χ3v) is 5.68. The van der Waals surface area contributed by atoms with Crippen molar-refractivity contribution in [3.63, 3.8) is 0 Å². The minimum Gasteiger partial charge on any atom is -0.378 e. The molecule has 0 saturated carbocycles. The number of rotatable bonds is 8. The molecule has 0 spiro atoms. The molecule has 0 aromatic rings. The number of halogens is 4. The lowest BCUT2D eigenvalue weighted by Crippen LogP contribution is -2.63. The number of hydrogen-bond donors (Lipinski definition) is 7. The predicted molar refractivity (Wildman–Crippen MR) is 101 cm³/mol. The molecule has 0 amide bonds. The lowest BCUT2D eigenvalue weighted by atomic mass is 9.91. The maximum Gasteiger partial charge on any atom is 0.401 e. The molecule has 0 aromatic heterocycles. The Morgan fingerprint density at radius 3 is 2.66 bits per heavy atom. The van der Waals surface area contributed by atoms with E-state index in [-0.39, 0.29) is 24.4 Å². The van der Waals surface area contributed by atoms with Gasteiger partial charge in [0.25, 0.3) is 0 Å². The Hall–Kier alpha value is -0.820. The van der Waals surface area contributed by atoms with Crippen molar-refractivity contribution in [2.24, 2.45) is 5.92 Å². The van der Waals surface area contributed by atoms with Gasteiger partial charge >= 0.3 is 6.18 Å². The molecule has 168 valence electrons. The Balaban J connectivity index is 1.55. The fourth-order valence-corrected chi connectivity index (χ4v) is 4.10. The number of nitrogens with one attached hydrogen (secondary N) is 6. The summed E-state index contributed by atoms with van der Waals surface area (Å²) >= 11 is 0. The van der Waals surface area contributed by atoms with Gasteiger partial charge in [-0.1, -0.05) is 11.6 Å². The normalized spacial score (nSPS) is 34.8. The van der Waals surface area contributed by atoms with Crippen molar-refractivity contribution >= 4 is 0 Å². The topological polar surface area (TPSA) is 92.4 Å². The molecular formula is C18H32F4N6O. The van der Waals surface area contributed by atoms with Crippen molar-refractivity contribution in [2.75, 3.05) is 26.3 Å². The van der Waals surface area contributed by atoms with E-state index in [1.165, 1.54) is 0 Å². The largest absolute Gasteiger partial charge is 0.401 e. The molecule has 7 N–H and O–H groups in total. The van der Waals surface area contributed by atoms with E-state index in [4.69, 9.17) is 0 Å². The molecule has 2 fully saturated rings. The quantitative estimate of drug-likeness (QED) is 0.170. The maximum atomic E-state index is 13.3. The van der Waals surface area contributed by atoms with Gasteiger partial charge < -0.3 is 10.4 Å². The summed E-state index contributed by atoms with van der Waals surface area (Å²) in [7, 11) is 0. The average molecular weight is 424 g/mol. The van der Waals surface area contributed by atoms with Crippen molar-refractivity contribution < 1.29 is 22.7 Å². The van der Waals surface area contributed by atoms with Crippen LogP contribution in [0.2, 0.25) is 0 Å². The van der Waals surface area contributed by atoms with Gasteiger partial charge in [-0.25, -0.2) is 4.39 Å². The van der Waals surface area contributed by atoms with Crippen LogP contribution in [0.1, 0.15) is 32.1 Å². The third-order valence-electron chi connectivity index (χ3n) is 5.68. The number of hydrogen-bond acceptors (Lipinski definition) is 7. The van der Waals surface area contributed by atoms with Gasteiger partial charge in [0, 0.05) is 25.7 Å². The highest BCUT2D eigenvalue weighted by atomic mass is 19.4. The monoisotopic (exact) mass is 424 g/mol. The molecular weight excluding hydrogens is 392 g/mol. The van der Waals surface area contributed by atoms with E-state index in [0.29, 0.717) is 45.3 Å². The van der Waals surface area contributed by atoms with E-state index in [9.17, 15) is 22.7 Å². The van der Waals surface area contributed by atoms with E-state index in [1.54, 1.807) is 0 Å². The Morgan fingerprint density at radius 2 is 2.00 bits per heavy atom. The van der Waals surface area contributed by atoms with Crippen LogP contribution in [0.4, 0.5) is 17.6 Å². The Bertz CT molecular complexity index is 543. The molecule has 3 rings (SSSR count). The van der Waals surface area contributed by atoms with E-state index >= 15 is 0 Å². The Morgan fingerprint density at radius 1 is 1.21 bits per heavy atom. The van der Waals surface area contributed by atoms with Crippen LogP contribution in [0.5, 0.6) is 0 Å². The summed E-state index contributed by atoms with van der Waals surface area (Å²) in [5.41, 5.74) is 1.14. The molecule has 3 aliphatic rings. The predicted octanol–water partition coefficient (Wildman–Crippen LogP) is 0.213. The highest BCUT2D eigenvalue weighted by Gasteiger charge is 2.35. The van der Waals surface area contributed by atoms with Crippen LogP contribution in [0, 0.1) is 5.92 Å². The van der Waals surface area contributed by atoms with Gasteiger partial charge in [0.2, 0.25) is 0 Å². The molecule has 7 nitrogen and oxygen atoms in total. The molecule has 0 bridgehead atoms. The third kappa shape index (κ3) is 7.74. The van der Waals surface area contributed by atoms with E-state index in [0.717, 1.165) is 12.1 Å². The van der Waals surface area contributed by atoms with Crippen molar-refractivity contribution in [2.45, 2.75) is 69.2 Å². The van der Waals surface area contributed by atoms with Crippen molar-refractivity contribution in [3.05, 3.63) is 11.6 Å². The second kappa shape index (κ2) is 10.5. The van der Waals surface area contributed by atoms with E-state index < -0.39 is 25.1 Å². The van der Waals surface area contributed by atoms with Gasteiger partial charge in [-0.2, -0.15) is 13.2 Å². The molecule has 1 aliphatic carbocycles. The minimum absolute atomic E-state index is 0.0507. The average Bonchev–Trinajstić information content (AvgIpc) is 3.18. The summed E-state index contributed by atoms with van der Waals surface area (Å²) in [5.74, 6) is -0.349. The zero-order valence-electron chi connectivity index (χ0n) is 16.4. The SMILES string of the molecule is O[C@H](NCC(F)(F)F)C1CC(NCC2=CCC(F)CC2)NC(NC2CNCN2)C1. The van der Waals surface area contributed by atoms with Crippen LogP contribution in [-0.2, 0) is 0 Å². The number of alkyl halides is 4. The van der Waals surface area contributed by atoms with E-state index in [1.807, 2.05) is 6.08 Å². The second-order valence-corrected chi connectivity index (χ2v) is 8.11. The summed E-state index contributed by atoms with van der Waals surface area (Å²) in [4.78, 5) is 0. The van der Waals surface area contributed by atoms with Gasteiger partial charge in [-0.05, 0) is 32.1 Å². The highest BCUT2D eigenvalue weighted by Crippen LogP contribution is 2.24. The van der Waals surface area contributed by atoms with Crippen molar-refractivity contribution in [1.29, 1.82) is 0 Å². The van der Waals surface area contributed by atoms with Crippen molar-refractivity contribution in [1.82, 2.24) is 31.9 Å². The molecule has 0 aromatic carbocycles. The molecule has 5 unspecified atom stereocenters. The zero-order chi connectivity index (χ0) is 20.9. The lowest BCUT2D eigenvalue weighted by Gasteiger charge is -2.40. The van der Waals surface area contributed by atoms with Gasteiger partial charge in [-0.3, -0.25) is 26.6 Å². The second-order valence-electron chi connectivity index (χ2n) is 8.11. The number of allylic oxidation sites excluding steroid dienone is 1. The van der Waals surface area contributed by atoms with Crippen LogP contribution in [0.25, 0.3) is 0 Å². The Kier molecular flexibility index (Phi) is 8.25. The first-order chi connectivity index (χ1) is 13.8. The molecule has 11 heteroatoms. The van der Waals surface area contributed by atoms with Crippen LogP contribution in [-0.4, -0.2) is 68.5 Å². The molecule has 29 heavy (non-hydrogen) atoms. The molecule has 0 radical (unpaired) electrons.